The van der Waals surface area contributed by atoms with Crippen molar-refractivity contribution in [3.05, 3.63) is 48.0 Å². The molecule has 2 aromatic rings. The van der Waals surface area contributed by atoms with E-state index in [1.807, 2.05) is 38.4 Å². The van der Waals surface area contributed by atoms with E-state index in [1.165, 1.54) is 0 Å². The zero-order chi connectivity index (χ0) is 12.3. The minimum absolute atomic E-state index is 0.0238. The van der Waals surface area contributed by atoms with Crippen LogP contribution in [-0.2, 0) is 6.54 Å². The summed E-state index contributed by atoms with van der Waals surface area (Å²) in [6, 6.07) is 5.97. The van der Waals surface area contributed by atoms with Crippen molar-refractivity contribution in [3.63, 3.8) is 0 Å². The number of hydrogen-bond acceptors (Lipinski definition) is 4. The van der Waals surface area contributed by atoms with Crippen molar-refractivity contribution in [1.29, 1.82) is 0 Å². The summed E-state index contributed by atoms with van der Waals surface area (Å²) in [5, 5.41) is 0. The van der Waals surface area contributed by atoms with Crippen LogP contribution in [0.4, 0.5) is 5.82 Å². The molecule has 0 spiro atoms. The number of pyridine rings is 1. The van der Waals surface area contributed by atoms with Gasteiger partial charge in [-0.1, -0.05) is 6.07 Å². The summed E-state index contributed by atoms with van der Waals surface area (Å²) in [5.41, 5.74) is 7.96. The molecule has 4 heteroatoms. The highest BCUT2D eigenvalue weighted by atomic mass is 16.3. The van der Waals surface area contributed by atoms with Gasteiger partial charge < -0.3 is 15.1 Å². The van der Waals surface area contributed by atoms with E-state index in [-0.39, 0.29) is 6.04 Å². The molecule has 2 heterocycles. The fourth-order valence-corrected chi connectivity index (χ4v) is 1.63. The molecule has 90 valence electrons. The Kier molecular flexibility index (Phi) is 3.44. The van der Waals surface area contributed by atoms with Crippen LogP contribution in [0.3, 0.4) is 0 Å². The molecule has 0 aromatic carbocycles. The fourth-order valence-electron chi connectivity index (χ4n) is 1.63. The first-order valence-electron chi connectivity index (χ1n) is 5.60. The lowest BCUT2D eigenvalue weighted by Gasteiger charge is -2.17. The van der Waals surface area contributed by atoms with Crippen molar-refractivity contribution in [3.8, 4) is 0 Å². The zero-order valence-corrected chi connectivity index (χ0v) is 10.1. The van der Waals surface area contributed by atoms with Gasteiger partial charge in [0.15, 0.2) is 0 Å². The first-order chi connectivity index (χ1) is 8.16. The van der Waals surface area contributed by atoms with Gasteiger partial charge in [0, 0.05) is 31.4 Å². The van der Waals surface area contributed by atoms with Gasteiger partial charge in [-0.15, -0.1) is 0 Å². The monoisotopic (exact) mass is 231 g/mol. The van der Waals surface area contributed by atoms with Gasteiger partial charge >= 0.3 is 0 Å². The number of furan rings is 1. The Morgan fingerprint density at radius 1 is 1.41 bits per heavy atom. The SMILES string of the molecule is C[C@@H](N)c1ccc(N(C)Cc2ccoc2)nc1. The molecule has 17 heavy (non-hydrogen) atoms. The highest BCUT2D eigenvalue weighted by Gasteiger charge is 2.05. The third-order valence-electron chi connectivity index (χ3n) is 2.69. The quantitative estimate of drug-likeness (QED) is 0.877. The largest absolute Gasteiger partial charge is 0.472 e. The summed E-state index contributed by atoms with van der Waals surface area (Å²) in [6.45, 7) is 2.73. The summed E-state index contributed by atoms with van der Waals surface area (Å²) >= 11 is 0. The lowest BCUT2D eigenvalue weighted by molar-refractivity contribution is 0.563. The maximum absolute atomic E-state index is 5.78. The van der Waals surface area contributed by atoms with Gasteiger partial charge in [0.05, 0.1) is 12.5 Å². The van der Waals surface area contributed by atoms with Crippen LogP contribution in [0.2, 0.25) is 0 Å². The molecule has 0 aliphatic rings. The van der Waals surface area contributed by atoms with Crippen LogP contribution >= 0.6 is 0 Å². The number of nitrogens with two attached hydrogens (primary N) is 1. The summed E-state index contributed by atoms with van der Waals surface area (Å²) in [5.74, 6) is 0.926. The summed E-state index contributed by atoms with van der Waals surface area (Å²) < 4.78 is 5.04. The standard InChI is InChI=1S/C13H17N3O/c1-10(14)12-3-4-13(15-7-12)16(2)8-11-5-6-17-9-11/h3-7,9-10H,8,14H2,1-2H3/t10-/m1/s1. The maximum atomic E-state index is 5.78. The minimum atomic E-state index is 0.0238. The van der Waals surface area contributed by atoms with Crippen LogP contribution in [0, 0.1) is 0 Å². The first kappa shape index (κ1) is 11.7. The topological polar surface area (TPSA) is 55.3 Å². The normalized spacial score (nSPS) is 12.4. The Bertz CT molecular complexity index is 448. The van der Waals surface area contributed by atoms with Crippen LogP contribution in [0.5, 0.6) is 0 Å². The molecular formula is C13H17N3O. The predicted octanol–water partition coefficient (Wildman–Crippen LogP) is 2.33. The molecule has 0 saturated heterocycles. The minimum Gasteiger partial charge on any atom is -0.472 e. The zero-order valence-electron chi connectivity index (χ0n) is 10.1. The van der Waals surface area contributed by atoms with Gasteiger partial charge in [0.1, 0.15) is 5.82 Å². The van der Waals surface area contributed by atoms with E-state index < -0.39 is 0 Å². The maximum Gasteiger partial charge on any atom is 0.128 e. The lowest BCUT2D eigenvalue weighted by atomic mass is 10.1. The highest BCUT2D eigenvalue weighted by Crippen LogP contribution is 2.15. The molecule has 0 aliphatic carbocycles. The van der Waals surface area contributed by atoms with Crippen molar-refractivity contribution >= 4 is 5.82 Å². The Morgan fingerprint density at radius 3 is 2.76 bits per heavy atom. The number of nitrogens with zero attached hydrogens (tertiary/aromatic N) is 2. The van der Waals surface area contributed by atoms with Crippen molar-refractivity contribution < 1.29 is 4.42 Å². The summed E-state index contributed by atoms with van der Waals surface area (Å²) in [6.07, 6.45) is 5.24. The van der Waals surface area contributed by atoms with E-state index in [1.54, 1.807) is 12.5 Å². The van der Waals surface area contributed by atoms with E-state index >= 15 is 0 Å². The van der Waals surface area contributed by atoms with Gasteiger partial charge in [-0.3, -0.25) is 0 Å². The lowest BCUT2D eigenvalue weighted by Crippen LogP contribution is -2.17. The van der Waals surface area contributed by atoms with Crippen molar-refractivity contribution in [2.45, 2.75) is 19.5 Å². The van der Waals surface area contributed by atoms with E-state index in [0.717, 1.165) is 23.5 Å². The second-order valence-electron chi connectivity index (χ2n) is 4.23. The second-order valence-corrected chi connectivity index (χ2v) is 4.23. The Balaban J connectivity index is 2.06. The molecule has 1 atom stereocenters. The molecule has 2 N–H and O–H groups in total. The molecule has 0 bridgehead atoms. The van der Waals surface area contributed by atoms with Gasteiger partial charge in [0.25, 0.3) is 0 Å². The molecular weight excluding hydrogens is 214 g/mol. The molecule has 4 nitrogen and oxygen atoms in total. The molecule has 0 amide bonds. The van der Waals surface area contributed by atoms with Gasteiger partial charge in [-0.05, 0) is 24.6 Å². The van der Waals surface area contributed by atoms with E-state index in [2.05, 4.69) is 9.88 Å². The molecule has 2 rings (SSSR count). The molecule has 0 aliphatic heterocycles. The van der Waals surface area contributed by atoms with Crippen molar-refractivity contribution in [2.75, 3.05) is 11.9 Å². The average molecular weight is 231 g/mol. The Hall–Kier alpha value is -1.81. The second kappa shape index (κ2) is 5.01. The number of anilines is 1. The van der Waals surface area contributed by atoms with Crippen molar-refractivity contribution in [2.24, 2.45) is 5.73 Å². The third kappa shape index (κ3) is 2.85. The van der Waals surface area contributed by atoms with Crippen LogP contribution in [0.15, 0.2) is 41.3 Å². The number of aromatic nitrogens is 1. The Morgan fingerprint density at radius 2 is 2.24 bits per heavy atom. The van der Waals surface area contributed by atoms with Gasteiger partial charge in [-0.2, -0.15) is 0 Å². The highest BCUT2D eigenvalue weighted by molar-refractivity contribution is 5.39. The van der Waals surface area contributed by atoms with Crippen LogP contribution in [0.25, 0.3) is 0 Å². The third-order valence-corrected chi connectivity index (χ3v) is 2.69. The summed E-state index contributed by atoms with van der Waals surface area (Å²) in [4.78, 5) is 6.46. The molecule has 0 radical (unpaired) electrons. The Labute approximate surface area is 101 Å². The number of hydrogen-bond donors (Lipinski definition) is 1. The van der Waals surface area contributed by atoms with Crippen LogP contribution in [-0.4, -0.2) is 12.0 Å². The van der Waals surface area contributed by atoms with Gasteiger partial charge in [-0.25, -0.2) is 4.98 Å². The molecule has 2 aromatic heterocycles. The average Bonchev–Trinajstić information content (AvgIpc) is 2.82. The molecule has 0 fully saturated rings. The fraction of sp³-hybridized carbons (Fsp3) is 0.308. The smallest absolute Gasteiger partial charge is 0.128 e. The van der Waals surface area contributed by atoms with E-state index in [4.69, 9.17) is 10.2 Å². The summed E-state index contributed by atoms with van der Waals surface area (Å²) in [7, 11) is 2.00. The number of rotatable bonds is 4. The van der Waals surface area contributed by atoms with E-state index in [0.29, 0.717) is 0 Å². The van der Waals surface area contributed by atoms with Crippen molar-refractivity contribution in [1.82, 2.24) is 4.98 Å². The van der Waals surface area contributed by atoms with Crippen LogP contribution < -0.4 is 10.6 Å². The van der Waals surface area contributed by atoms with Crippen LogP contribution in [0.1, 0.15) is 24.1 Å². The van der Waals surface area contributed by atoms with E-state index in [9.17, 15) is 0 Å². The molecule has 0 saturated carbocycles. The molecule has 0 unspecified atom stereocenters. The predicted molar refractivity (Wildman–Crippen MR) is 67.7 cm³/mol. The van der Waals surface area contributed by atoms with Gasteiger partial charge in [0.2, 0.25) is 0 Å². The first-order valence-corrected chi connectivity index (χ1v) is 5.60.